The lowest BCUT2D eigenvalue weighted by atomic mass is 10.0. The maximum Gasteiger partial charge on any atom is 0.291 e. The van der Waals surface area contributed by atoms with Gasteiger partial charge in [0.25, 0.3) is 5.91 Å². The fourth-order valence-electron chi connectivity index (χ4n) is 1.83. The molecular formula is C14H26N4O. The highest BCUT2D eigenvalue weighted by Gasteiger charge is 2.15. The summed E-state index contributed by atoms with van der Waals surface area (Å²) >= 11 is 0. The van der Waals surface area contributed by atoms with Gasteiger partial charge in [-0.2, -0.15) is 0 Å². The van der Waals surface area contributed by atoms with Gasteiger partial charge in [-0.05, 0) is 19.3 Å². The van der Waals surface area contributed by atoms with Gasteiger partial charge in [-0.1, -0.05) is 40.5 Å². The lowest BCUT2D eigenvalue weighted by Crippen LogP contribution is -2.33. The number of rotatable bonds is 7. The van der Waals surface area contributed by atoms with Crippen LogP contribution in [0.5, 0.6) is 0 Å². The van der Waals surface area contributed by atoms with Crippen LogP contribution < -0.4 is 5.32 Å². The van der Waals surface area contributed by atoms with Crippen molar-refractivity contribution in [1.29, 1.82) is 0 Å². The number of carbonyl (C=O) groups is 1. The van der Waals surface area contributed by atoms with E-state index in [2.05, 4.69) is 34.3 Å². The van der Waals surface area contributed by atoms with Crippen molar-refractivity contribution in [2.24, 2.45) is 5.92 Å². The molecule has 0 aliphatic heterocycles. The Balaban J connectivity index is 2.40. The van der Waals surface area contributed by atoms with Crippen LogP contribution in [0.4, 0.5) is 0 Å². The highest BCUT2D eigenvalue weighted by molar-refractivity contribution is 5.90. The number of hydrogen-bond acceptors (Lipinski definition) is 3. The highest BCUT2D eigenvalue weighted by Crippen LogP contribution is 2.09. The number of aromatic amines is 1. The molecule has 0 spiro atoms. The van der Waals surface area contributed by atoms with E-state index >= 15 is 0 Å². The minimum absolute atomic E-state index is 0.159. The first-order chi connectivity index (χ1) is 8.90. The van der Waals surface area contributed by atoms with E-state index in [-0.39, 0.29) is 23.7 Å². The number of hydrogen-bond donors (Lipinski definition) is 2. The third-order valence-electron chi connectivity index (χ3n) is 3.05. The smallest absolute Gasteiger partial charge is 0.291 e. The predicted octanol–water partition coefficient (Wildman–Crippen LogP) is 2.87. The van der Waals surface area contributed by atoms with Crippen molar-refractivity contribution in [3.05, 3.63) is 11.6 Å². The van der Waals surface area contributed by atoms with E-state index < -0.39 is 0 Å². The van der Waals surface area contributed by atoms with Crippen LogP contribution in [0.15, 0.2) is 0 Å². The Bertz CT molecular complexity index is 398. The molecule has 1 rings (SSSR count). The molecule has 1 unspecified atom stereocenters. The van der Waals surface area contributed by atoms with Gasteiger partial charge < -0.3 is 5.32 Å². The third-order valence-corrected chi connectivity index (χ3v) is 3.05. The van der Waals surface area contributed by atoms with Gasteiger partial charge in [0, 0.05) is 12.0 Å². The van der Waals surface area contributed by atoms with E-state index in [1.54, 1.807) is 0 Å². The lowest BCUT2D eigenvalue weighted by molar-refractivity contribution is 0.0927. The first kappa shape index (κ1) is 15.7. The minimum Gasteiger partial charge on any atom is -0.347 e. The third kappa shape index (κ3) is 5.41. The SMILES string of the molecule is CC(C)CCCC(C)NC(=O)c1n[nH]c(C(C)C)n1. The van der Waals surface area contributed by atoms with Gasteiger partial charge in [-0.25, -0.2) is 4.98 Å². The van der Waals surface area contributed by atoms with Gasteiger partial charge in [-0.3, -0.25) is 9.89 Å². The zero-order valence-corrected chi connectivity index (χ0v) is 12.7. The van der Waals surface area contributed by atoms with Gasteiger partial charge in [-0.15, -0.1) is 5.10 Å². The summed E-state index contributed by atoms with van der Waals surface area (Å²) in [5.74, 6) is 1.75. The van der Waals surface area contributed by atoms with E-state index in [0.29, 0.717) is 5.92 Å². The Morgan fingerprint density at radius 2 is 1.89 bits per heavy atom. The molecule has 0 bridgehead atoms. The quantitative estimate of drug-likeness (QED) is 0.797. The molecule has 2 N–H and O–H groups in total. The van der Waals surface area contributed by atoms with Gasteiger partial charge >= 0.3 is 0 Å². The lowest BCUT2D eigenvalue weighted by Gasteiger charge is -2.13. The maximum absolute atomic E-state index is 11.9. The van der Waals surface area contributed by atoms with Crippen molar-refractivity contribution in [2.45, 2.75) is 65.8 Å². The molecule has 5 heteroatoms. The van der Waals surface area contributed by atoms with Crippen molar-refractivity contribution in [3.8, 4) is 0 Å². The summed E-state index contributed by atoms with van der Waals surface area (Å²) in [5.41, 5.74) is 0. The van der Waals surface area contributed by atoms with E-state index in [4.69, 9.17) is 0 Å². The van der Waals surface area contributed by atoms with Crippen LogP contribution in [0, 0.1) is 5.92 Å². The van der Waals surface area contributed by atoms with Crippen LogP contribution >= 0.6 is 0 Å². The van der Waals surface area contributed by atoms with Crippen LogP contribution in [-0.4, -0.2) is 27.1 Å². The fourth-order valence-corrected chi connectivity index (χ4v) is 1.83. The number of carbonyl (C=O) groups excluding carboxylic acids is 1. The van der Waals surface area contributed by atoms with Crippen molar-refractivity contribution in [3.63, 3.8) is 0 Å². The Kier molecular flexibility index (Phi) is 5.99. The second-order valence-corrected chi connectivity index (χ2v) is 5.90. The molecule has 1 heterocycles. The monoisotopic (exact) mass is 266 g/mol. The highest BCUT2D eigenvalue weighted by atomic mass is 16.2. The van der Waals surface area contributed by atoms with Crippen molar-refractivity contribution in [1.82, 2.24) is 20.5 Å². The summed E-state index contributed by atoms with van der Waals surface area (Å²) in [6.45, 7) is 10.5. The van der Waals surface area contributed by atoms with Crippen LogP contribution in [-0.2, 0) is 0 Å². The molecule has 1 aromatic rings. The number of amides is 1. The number of nitrogens with zero attached hydrogens (tertiary/aromatic N) is 2. The van der Waals surface area contributed by atoms with Gasteiger partial charge in [0.2, 0.25) is 5.82 Å². The van der Waals surface area contributed by atoms with Gasteiger partial charge in [0.1, 0.15) is 5.82 Å². The van der Waals surface area contributed by atoms with E-state index in [9.17, 15) is 4.79 Å². The Morgan fingerprint density at radius 1 is 1.21 bits per heavy atom. The first-order valence-corrected chi connectivity index (χ1v) is 7.13. The van der Waals surface area contributed by atoms with Gasteiger partial charge in [0.15, 0.2) is 0 Å². The number of aromatic nitrogens is 3. The van der Waals surface area contributed by atoms with Crippen molar-refractivity contribution >= 4 is 5.91 Å². The molecule has 108 valence electrons. The summed E-state index contributed by atoms with van der Waals surface area (Å²) in [5, 5.41) is 9.68. The second kappa shape index (κ2) is 7.26. The van der Waals surface area contributed by atoms with Crippen molar-refractivity contribution < 1.29 is 4.79 Å². The number of nitrogens with one attached hydrogen (secondary N) is 2. The molecule has 19 heavy (non-hydrogen) atoms. The van der Waals surface area contributed by atoms with Crippen LogP contribution in [0.25, 0.3) is 0 Å². The molecule has 1 amide bonds. The molecule has 0 radical (unpaired) electrons. The summed E-state index contributed by atoms with van der Waals surface area (Å²) in [4.78, 5) is 16.1. The molecule has 1 atom stereocenters. The Morgan fingerprint density at radius 3 is 2.42 bits per heavy atom. The zero-order valence-electron chi connectivity index (χ0n) is 12.7. The summed E-state index contributed by atoms with van der Waals surface area (Å²) in [6, 6.07) is 0.159. The Labute approximate surface area is 115 Å². The van der Waals surface area contributed by atoms with E-state index in [1.165, 1.54) is 6.42 Å². The summed E-state index contributed by atoms with van der Waals surface area (Å²) in [7, 11) is 0. The molecule has 0 aliphatic carbocycles. The van der Waals surface area contributed by atoms with Crippen LogP contribution in [0.3, 0.4) is 0 Å². The van der Waals surface area contributed by atoms with Crippen molar-refractivity contribution in [2.75, 3.05) is 0 Å². The largest absolute Gasteiger partial charge is 0.347 e. The maximum atomic E-state index is 11.9. The molecule has 0 aromatic carbocycles. The first-order valence-electron chi connectivity index (χ1n) is 7.13. The fraction of sp³-hybridized carbons (Fsp3) is 0.786. The van der Waals surface area contributed by atoms with Gasteiger partial charge in [0.05, 0.1) is 0 Å². The minimum atomic E-state index is -0.194. The van der Waals surface area contributed by atoms with E-state index in [1.807, 2.05) is 20.8 Å². The molecule has 0 aliphatic rings. The normalized spacial score (nSPS) is 13.0. The topological polar surface area (TPSA) is 70.7 Å². The van der Waals surface area contributed by atoms with E-state index in [0.717, 1.165) is 18.7 Å². The predicted molar refractivity (Wildman–Crippen MR) is 76.1 cm³/mol. The Hall–Kier alpha value is -1.39. The summed E-state index contributed by atoms with van der Waals surface area (Å²) in [6.07, 6.45) is 3.31. The molecule has 0 saturated carbocycles. The summed E-state index contributed by atoms with van der Waals surface area (Å²) < 4.78 is 0. The molecule has 0 saturated heterocycles. The molecule has 0 fully saturated rings. The molecular weight excluding hydrogens is 240 g/mol. The average molecular weight is 266 g/mol. The average Bonchev–Trinajstić information content (AvgIpc) is 2.77. The van der Waals surface area contributed by atoms with Crippen LogP contribution in [0.1, 0.15) is 76.2 Å². The molecule has 1 aromatic heterocycles. The zero-order chi connectivity index (χ0) is 14.4. The molecule has 5 nitrogen and oxygen atoms in total. The number of H-pyrrole nitrogens is 1. The second-order valence-electron chi connectivity index (χ2n) is 5.90. The standard InChI is InChI=1S/C14H26N4O/c1-9(2)7-6-8-11(5)15-14(19)13-16-12(10(3)4)17-18-13/h9-11H,6-8H2,1-5H3,(H,15,19)(H,16,17,18). The van der Waals surface area contributed by atoms with Crippen LogP contribution in [0.2, 0.25) is 0 Å².